The van der Waals surface area contributed by atoms with Crippen molar-refractivity contribution in [2.75, 3.05) is 5.32 Å². The van der Waals surface area contributed by atoms with Crippen LogP contribution in [0.1, 0.15) is 37.1 Å². The maximum atomic E-state index is 4.58. The molecule has 0 spiro atoms. The number of anilines is 1. The van der Waals surface area contributed by atoms with Gasteiger partial charge < -0.3 is 10.3 Å². The second-order valence-electron chi connectivity index (χ2n) is 7.32. The molecule has 4 rings (SSSR count). The molecule has 2 heterocycles. The van der Waals surface area contributed by atoms with Gasteiger partial charge in [-0.1, -0.05) is 48.7 Å². The zero-order chi connectivity index (χ0) is 20.2. The van der Waals surface area contributed by atoms with Crippen LogP contribution in [0.5, 0.6) is 0 Å². The molecular formula is C25H24N4. The number of hydrogen-bond acceptors (Lipinski definition) is 3. The number of imidazole rings is 1. The summed E-state index contributed by atoms with van der Waals surface area (Å²) in [5.74, 6) is 7.15. The van der Waals surface area contributed by atoms with E-state index < -0.39 is 0 Å². The van der Waals surface area contributed by atoms with E-state index in [0.29, 0.717) is 6.04 Å². The number of pyridine rings is 1. The van der Waals surface area contributed by atoms with E-state index in [-0.39, 0.29) is 0 Å². The van der Waals surface area contributed by atoms with Gasteiger partial charge >= 0.3 is 0 Å². The molecule has 0 aliphatic heterocycles. The molecule has 0 saturated carbocycles. The van der Waals surface area contributed by atoms with Gasteiger partial charge in [0.05, 0.1) is 11.0 Å². The van der Waals surface area contributed by atoms with E-state index in [1.54, 1.807) is 0 Å². The molecular weight excluding hydrogens is 356 g/mol. The lowest BCUT2D eigenvalue weighted by Gasteiger charge is -2.08. The van der Waals surface area contributed by atoms with Crippen molar-refractivity contribution in [3.05, 3.63) is 77.6 Å². The van der Waals surface area contributed by atoms with Gasteiger partial charge in [-0.3, -0.25) is 0 Å². The van der Waals surface area contributed by atoms with E-state index >= 15 is 0 Å². The van der Waals surface area contributed by atoms with E-state index in [9.17, 15) is 0 Å². The highest BCUT2D eigenvalue weighted by atomic mass is 15.1. The molecule has 144 valence electrons. The summed E-state index contributed by atoms with van der Waals surface area (Å²) in [6, 6.07) is 18.9. The van der Waals surface area contributed by atoms with Crippen molar-refractivity contribution in [2.45, 2.75) is 33.2 Å². The predicted molar refractivity (Wildman–Crippen MR) is 120 cm³/mol. The first-order valence-corrected chi connectivity index (χ1v) is 9.92. The van der Waals surface area contributed by atoms with Crippen LogP contribution in [0, 0.1) is 18.8 Å². The highest BCUT2D eigenvalue weighted by Gasteiger charge is 2.05. The van der Waals surface area contributed by atoms with Crippen LogP contribution >= 0.6 is 0 Å². The van der Waals surface area contributed by atoms with Crippen molar-refractivity contribution in [3.8, 4) is 23.0 Å². The van der Waals surface area contributed by atoms with Gasteiger partial charge in [0.1, 0.15) is 5.69 Å². The Morgan fingerprint density at radius 1 is 1.00 bits per heavy atom. The standard InChI is InChI=1S/C25H24N4/c1-4-18(3)27-25-28-23-14-8-19(15-24(23)29-25)7-12-22-13-11-21(16-26-22)20-9-5-17(2)6-10-20/h5-6,8-11,13-16,18H,4H2,1-3H3,(H2,27,28,29). The van der Waals surface area contributed by atoms with Crippen molar-refractivity contribution >= 4 is 17.0 Å². The highest BCUT2D eigenvalue weighted by molar-refractivity contribution is 5.79. The number of aromatic nitrogens is 3. The molecule has 2 aromatic carbocycles. The van der Waals surface area contributed by atoms with Gasteiger partial charge in [-0.2, -0.15) is 0 Å². The minimum Gasteiger partial charge on any atom is -0.353 e. The molecule has 29 heavy (non-hydrogen) atoms. The largest absolute Gasteiger partial charge is 0.353 e. The van der Waals surface area contributed by atoms with Crippen LogP contribution in [-0.4, -0.2) is 21.0 Å². The Labute approximate surface area is 171 Å². The molecule has 1 atom stereocenters. The van der Waals surface area contributed by atoms with Crippen LogP contribution in [-0.2, 0) is 0 Å². The summed E-state index contributed by atoms with van der Waals surface area (Å²) in [7, 11) is 0. The van der Waals surface area contributed by atoms with Crippen molar-refractivity contribution in [2.24, 2.45) is 0 Å². The Morgan fingerprint density at radius 3 is 2.52 bits per heavy atom. The second kappa shape index (κ2) is 8.20. The fourth-order valence-corrected chi connectivity index (χ4v) is 3.01. The molecule has 4 aromatic rings. The van der Waals surface area contributed by atoms with Gasteiger partial charge in [-0.25, -0.2) is 9.97 Å². The first-order chi connectivity index (χ1) is 14.1. The smallest absolute Gasteiger partial charge is 0.201 e. The summed E-state index contributed by atoms with van der Waals surface area (Å²) in [6.07, 6.45) is 2.92. The fourth-order valence-electron chi connectivity index (χ4n) is 3.01. The monoisotopic (exact) mass is 380 g/mol. The summed E-state index contributed by atoms with van der Waals surface area (Å²) in [5, 5.41) is 3.37. The lowest BCUT2D eigenvalue weighted by Crippen LogP contribution is -2.14. The van der Waals surface area contributed by atoms with Crippen LogP contribution in [0.25, 0.3) is 22.2 Å². The number of aryl methyl sites for hydroxylation is 1. The summed E-state index contributed by atoms with van der Waals surface area (Å²) in [6.45, 7) is 6.38. The average Bonchev–Trinajstić information content (AvgIpc) is 3.14. The van der Waals surface area contributed by atoms with E-state index in [2.05, 4.69) is 83.2 Å². The third-order valence-electron chi connectivity index (χ3n) is 4.96. The van der Waals surface area contributed by atoms with Gasteiger partial charge in [0.2, 0.25) is 5.95 Å². The molecule has 0 amide bonds. The zero-order valence-electron chi connectivity index (χ0n) is 17.0. The average molecular weight is 380 g/mol. The minimum atomic E-state index is 0.378. The molecule has 0 aliphatic carbocycles. The maximum Gasteiger partial charge on any atom is 0.201 e. The van der Waals surface area contributed by atoms with E-state index in [1.807, 2.05) is 30.5 Å². The van der Waals surface area contributed by atoms with Crippen LogP contribution < -0.4 is 5.32 Å². The zero-order valence-corrected chi connectivity index (χ0v) is 17.0. The van der Waals surface area contributed by atoms with Crippen molar-refractivity contribution < 1.29 is 0 Å². The third kappa shape index (κ3) is 4.47. The number of nitrogens with one attached hydrogen (secondary N) is 2. The molecule has 4 heteroatoms. The number of hydrogen-bond donors (Lipinski definition) is 2. The van der Waals surface area contributed by atoms with Crippen LogP contribution in [0.15, 0.2) is 60.8 Å². The number of fused-ring (bicyclic) bond motifs is 1. The van der Waals surface area contributed by atoms with Crippen LogP contribution in [0.4, 0.5) is 5.95 Å². The highest BCUT2D eigenvalue weighted by Crippen LogP contribution is 2.19. The molecule has 0 aliphatic rings. The summed E-state index contributed by atoms with van der Waals surface area (Å²) in [5.41, 5.74) is 7.10. The molecule has 2 aromatic heterocycles. The van der Waals surface area contributed by atoms with E-state index in [0.717, 1.165) is 45.8 Å². The normalized spacial score (nSPS) is 11.7. The van der Waals surface area contributed by atoms with Crippen LogP contribution in [0.3, 0.4) is 0 Å². The Kier molecular flexibility index (Phi) is 5.31. The number of nitrogens with zero attached hydrogens (tertiary/aromatic N) is 2. The number of H-pyrrole nitrogens is 1. The van der Waals surface area contributed by atoms with Gasteiger partial charge in [0.15, 0.2) is 0 Å². The molecule has 4 nitrogen and oxygen atoms in total. The Bertz CT molecular complexity index is 1180. The lowest BCUT2D eigenvalue weighted by molar-refractivity contribution is 0.756. The molecule has 2 N–H and O–H groups in total. The van der Waals surface area contributed by atoms with Crippen LogP contribution in [0.2, 0.25) is 0 Å². The lowest BCUT2D eigenvalue weighted by atomic mass is 10.1. The van der Waals surface area contributed by atoms with Gasteiger partial charge in [0.25, 0.3) is 0 Å². The van der Waals surface area contributed by atoms with Crippen molar-refractivity contribution in [1.82, 2.24) is 15.0 Å². The quantitative estimate of drug-likeness (QED) is 0.457. The first kappa shape index (κ1) is 18.8. The van der Waals surface area contributed by atoms with Gasteiger partial charge in [-0.05, 0) is 56.0 Å². The summed E-state index contributed by atoms with van der Waals surface area (Å²) < 4.78 is 0. The van der Waals surface area contributed by atoms with Crippen molar-refractivity contribution in [1.29, 1.82) is 0 Å². The summed E-state index contributed by atoms with van der Waals surface area (Å²) in [4.78, 5) is 12.4. The summed E-state index contributed by atoms with van der Waals surface area (Å²) >= 11 is 0. The molecule has 0 bridgehead atoms. The Morgan fingerprint density at radius 2 is 1.79 bits per heavy atom. The van der Waals surface area contributed by atoms with Crippen molar-refractivity contribution in [3.63, 3.8) is 0 Å². The number of benzene rings is 2. The number of rotatable bonds is 4. The Balaban J connectivity index is 1.52. The number of aromatic amines is 1. The SMILES string of the molecule is CCC(C)Nc1nc2ccc(C#Cc3ccc(-c4ccc(C)cc4)cn3)cc2[nH]1. The molecule has 0 radical (unpaired) electrons. The Hall–Kier alpha value is -3.58. The topological polar surface area (TPSA) is 53.6 Å². The third-order valence-corrected chi connectivity index (χ3v) is 4.96. The fraction of sp³-hybridized carbons (Fsp3) is 0.200. The van der Waals surface area contributed by atoms with E-state index in [4.69, 9.17) is 0 Å². The van der Waals surface area contributed by atoms with Gasteiger partial charge in [-0.15, -0.1) is 0 Å². The first-order valence-electron chi connectivity index (χ1n) is 9.92. The second-order valence-corrected chi connectivity index (χ2v) is 7.32. The molecule has 0 fully saturated rings. The van der Waals surface area contributed by atoms with Gasteiger partial charge in [0, 0.05) is 23.4 Å². The molecule has 0 saturated heterocycles. The minimum absolute atomic E-state index is 0.378. The maximum absolute atomic E-state index is 4.58. The predicted octanol–water partition coefficient (Wildman–Crippen LogP) is 5.54. The molecule has 1 unspecified atom stereocenters. The van der Waals surface area contributed by atoms with E-state index in [1.165, 1.54) is 5.56 Å².